The first kappa shape index (κ1) is 15.9. The Balaban J connectivity index is 1.85. The van der Waals surface area contributed by atoms with Crippen molar-refractivity contribution < 1.29 is 13.2 Å². The molecule has 0 radical (unpaired) electrons. The number of nitrogens with one attached hydrogen (secondary N) is 1. The standard InChI is InChI=1S/C15H15N5O3S/c1-11-9-12(3-8-15(11)20-10-16-18-19-20)17-24(21,22)14-6-4-13(23-2)5-7-14/h3-10,17H,1-2H3. The maximum absolute atomic E-state index is 12.4. The molecule has 0 atom stereocenters. The predicted molar refractivity (Wildman–Crippen MR) is 87.7 cm³/mol. The van der Waals surface area contributed by atoms with E-state index in [1.807, 2.05) is 6.92 Å². The summed E-state index contributed by atoms with van der Waals surface area (Å²) >= 11 is 0. The molecule has 3 aromatic rings. The van der Waals surface area contributed by atoms with Crippen molar-refractivity contribution in [2.45, 2.75) is 11.8 Å². The molecule has 0 amide bonds. The number of methoxy groups -OCH3 is 1. The molecule has 0 bridgehead atoms. The first-order valence-corrected chi connectivity index (χ1v) is 8.49. The maximum Gasteiger partial charge on any atom is 0.261 e. The SMILES string of the molecule is COc1ccc(S(=O)(=O)Nc2ccc(-n3cnnn3)c(C)c2)cc1. The zero-order valence-electron chi connectivity index (χ0n) is 13.0. The molecule has 0 aliphatic heterocycles. The number of hydrogen-bond acceptors (Lipinski definition) is 6. The van der Waals surface area contributed by atoms with Crippen LogP contribution in [-0.4, -0.2) is 35.7 Å². The minimum atomic E-state index is -3.67. The summed E-state index contributed by atoms with van der Waals surface area (Å²) in [4.78, 5) is 0.158. The van der Waals surface area contributed by atoms with Gasteiger partial charge in [0.1, 0.15) is 12.1 Å². The van der Waals surface area contributed by atoms with Gasteiger partial charge in [0.05, 0.1) is 17.7 Å². The largest absolute Gasteiger partial charge is 0.497 e. The highest BCUT2D eigenvalue weighted by atomic mass is 32.2. The van der Waals surface area contributed by atoms with Gasteiger partial charge in [-0.3, -0.25) is 4.72 Å². The molecule has 1 aromatic heterocycles. The molecule has 0 aliphatic carbocycles. The molecule has 0 saturated carbocycles. The molecule has 0 unspecified atom stereocenters. The van der Waals surface area contributed by atoms with Crippen LogP contribution in [0.5, 0.6) is 5.75 Å². The Labute approximate surface area is 139 Å². The zero-order chi connectivity index (χ0) is 17.2. The van der Waals surface area contributed by atoms with E-state index >= 15 is 0 Å². The average molecular weight is 345 g/mol. The van der Waals surface area contributed by atoms with Crippen molar-refractivity contribution in [3.05, 3.63) is 54.4 Å². The summed E-state index contributed by atoms with van der Waals surface area (Å²) in [6, 6.07) is 11.3. The van der Waals surface area contributed by atoms with Gasteiger partial charge in [-0.25, -0.2) is 13.1 Å². The third kappa shape index (κ3) is 3.20. The van der Waals surface area contributed by atoms with E-state index in [2.05, 4.69) is 20.2 Å². The second-order valence-corrected chi connectivity index (χ2v) is 6.72. The smallest absolute Gasteiger partial charge is 0.261 e. The normalized spacial score (nSPS) is 11.2. The number of sulfonamides is 1. The van der Waals surface area contributed by atoms with E-state index in [1.54, 1.807) is 30.3 Å². The van der Waals surface area contributed by atoms with Gasteiger partial charge >= 0.3 is 0 Å². The zero-order valence-corrected chi connectivity index (χ0v) is 13.9. The molecule has 3 rings (SSSR count). The Morgan fingerprint density at radius 2 is 1.88 bits per heavy atom. The summed E-state index contributed by atoms with van der Waals surface area (Å²) < 4.78 is 34.0. The van der Waals surface area contributed by atoms with Gasteiger partial charge < -0.3 is 4.74 Å². The molecule has 9 heteroatoms. The van der Waals surface area contributed by atoms with E-state index in [0.29, 0.717) is 11.4 Å². The monoisotopic (exact) mass is 345 g/mol. The van der Waals surface area contributed by atoms with Gasteiger partial charge in [-0.05, 0) is 65.4 Å². The van der Waals surface area contributed by atoms with Gasteiger partial charge in [0.25, 0.3) is 10.0 Å². The molecule has 24 heavy (non-hydrogen) atoms. The van der Waals surface area contributed by atoms with E-state index in [-0.39, 0.29) is 4.90 Å². The van der Waals surface area contributed by atoms with Crippen molar-refractivity contribution in [1.29, 1.82) is 0 Å². The Kier molecular flexibility index (Phi) is 4.17. The fraction of sp³-hybridized carbons (Fsp3) is 0.133. The highest BCUT2D eigenvalue weighted by molar-refractivity contribution is 7.92. The van der Waals surface area contributed by atoms with E-state index in [0.717, 1.165) is 11.3 Å². The summed E-state index contributed by atoms with van der Waals surface area (Å²) in [5.41, 5.74) is 2.06. The Bertz CT molecular complexity index is 938. The summed E-state index contributed by atoms with van der Waals surface area (Å²) in [5.74, 6) is 0.593. The quantitative estimate of drug-likeness (QED) is 0.757. The number of hydrogen-bond donors (Lipinski definition) is 1. The van der Waals surface area contributed by atoms with Crippen LogP contribution in [-0.2, 0) is 10.0 Å². The van der Waals surface area contributed by atoms with Crippen LogP contribution in [0.1, 0.15) is 5.56 Å². The molecule has 0 fully saturated rings. The number of nitrogens with zero attached hydrogens (tertiary/aromatic N) is 4. The number of ether oxygens (including phenoxy) is 1. The Morgan fingerprint density at radius 1 is 1.12 bits per heavy atom. The van der Waals surface area contributed by atoms with Crippen LogP contribution in [0.25, 0.3) is 5.69 Å². The summed E-state index contributed by atoms with van der Waals surface area (Å²) in [7, 11) is -2.15. The molecule has 0 aliphatic rings. The number of benzene rings is 2. The minimum absolute atomic E-state index is 0.158. The number of aryl methyl sites for hydroxylation is 1. The fourth-order valence-electron chi connectivity index (χ4n) is 2.22. The molecule has 0 spiro atoms. The molecular weight excluding hydrogens is 330 g/mol. The molecule has 0 saturated heterocycles. The van der Waals surface area contributed by atoms with Gasteiger partial charge in [0, 0.05) is 5.69 Å². The lowest BCUT2D eigenvalue weighted by atomic mass is 10.2. The van der Waals surface area contributed by atoms with E-state index in [9.17, 15) is 8.42 Å². The third-order valence-corrected chi connectivity index (χ3v) is 4.81. The average Bonchev–Trinajstić information content (AvgIpc) is 3.09. The summed E-state index contributed by atoms with van der Waals surface area (Å²) in [6.07, 6.45) is 1.48. The number of rotatable bonds is 5. The van der Waals surface area contributed by atoms with Gasteiger partial charge in [-0.15, -0.1) is 5.10 Å². The summed E-state index contributed by atoms with van der Waals surface area (Å²) in [6.45, 7) is 1.85. The van der Waals surface area contributed by atoms with Crippen LogP contribution in [0.15, 0.2) is 53.7 Å². The van der Waals surface area contributed by atoms with Crippen molar-refractivity contribution in [3.8, 4) is 11.4 Å². The minimum Gasteiger partial charge on any atom is -0.497 e. The van der Waals surface area contributed by atoms with Crippen LogP contribution in [0, 0.1) is 6.92 Å². The lowest BCUT2D eigenvalue weighted by molar-refractivity contribution is 0.414. The Morgan fingerprint density at radius 3 is 2.46 bits per heavy atom. The van der Waals surface area contributed by atoms with Crippen molar-refractivity contribution in [2.75, 3.05) is 11.8 Å². The Hall–Kier alpha value is -2.94. The van der Waals surface area contributed by atoms with Gasteiger partial charge in [0.2, 0.25) is 0 Å². The first-order chi connectivity index (χ1) is 11.5. The lowest BCUT2D eigenvalue weighted by Gasteiger charge is -2.11. The molecule has 2 aromatic carbocycles. The van der Waals surface area contributed by atoms with Crippen LogP contribution in [0.3, 0.4) is 0 Å². The number of aromatic nitrogens is 4. The van der Waals surface area contributed by atoms with Crippen LogP contribution >= 0.6 is 0 Å². The van der Waals surface area contributed by atoms with Gasteiger partial charge in [-0.1, -0.05) is 0 Å². The fourth-order valence-corrected chi connectivity index (χ4v) is 3.27. The third-order valence-electron chi connectivity index (χ3n) is 3.41. The van der Waals surface area contributed by atoms with Gasteiger partial charge in [-0.2, -0.15) is 0 Å². The van der Waals surface area contributed by atoms with Crippen molar-refractivity contribution in [3.63, 3.8) is 0 Å². The van der Waals surface area contributed by atoms with Crippen molar-refractivity contribution in [1.82, 2.24) is 20.2 Å². The lowest BCUT2D eigenvalue weighted by Crippen LogP contribution is -2.13. The van der Waals surface area contributed by atoms with E-state index < -0.39 is 10.0 Å². The molecule has 8 nitrogen and oxygen atoms in total. The molecule has 1 heterocycles. The highest BCUT2D eigenvalue weighted by Gasteiger charge is 2.15. The van der Waals surface area contributed by atoms with E-state index in [1.165, 1.54) is 30.3 Å². The van der Waals surface area contributed by atoms with Gasteiger partial charge in [0.15, 0.2) is 0 Å². The first-order valence-electron chi connectivity index (χ1n) is 7.00. The molecule has 1 N–H and O–H groups in total. The van der Waals surface area contributed by atoms with Crippen molar-refractivity contribution >= 4 is 15.7 Å². The topological polar surface area (TPSA) is 99.0 Å². The van der Waals surface area contributed by atoms with Crippen molar-refractivity contribution in [2.24, 2.45) is 0 Å². The van der Waals surface area contributed by atoms with E-state index in [4.69, 9.17) is 4.74 Å². The molecular formula is C15H15N5O3S. The summed E-state index contributed by atoms with van der Waals surface area (Å²) in [5, 5.41) is 11.0. The number of tetrazole rings is 1. The van der Waals surface area contributed by atoms with Crippen LogP contribution in [0.4, 0.5) is 5.69 Å². The highest BCUT2D eigenvalue weighted by Crippen LogP contribution is 2.22. The number of anilines is 1. The van der Waals surface area contributed by atoms with Crippen LogP contribution < -0.4 is 9.46 Å². The predicted octanol–water partition coefficient (Wildman–Crippen LogP) is 1.78. The maximum atomic E-state index is 12.4. The molecule has 124 valence electrons. The van der Waals surface area contributed by atoms with Crippen LogP contribution in [0.2, 0.25) is 0 Å². The second kappa shape index (κ2) is 6.28. The second-order valence-electron chi connectivity index (χ2n) is 5.04.